The van der Waals surface area contributed by atoms with Crippen LogP contribution in [0.3, 0.4) is 0 Å². The fourth-order valence-electron chi connectivity index (χ4n) is 2.37. The number of halogens is 2. The van der Waals surface area contributed by atoms with Gasteiger partial charge in [0.2, 0.25) is 11.8 Å². The van der Waals surface area contributed by atoms with Gasteiger partial charge >= 0.3 is 0 Å². The highest BCUT2D eigenvalue weighted by Gasteiger charge is 2.07. The van der Waals surface area contributed by atoms with Crippen LogP contribution in [0.5, 0.6) is 11.5 Å². The van der Waals surface area contributed by atoms with Crippen molar-refractivity contribution in [2.45, 2.75) is 0 Å². The number of pyridine rings is 1. The molecule has 0 aliphatic carbocycles. The summed E-state index contributed by atoms with van der Waals surface area (Å²) in [6, 6.07) is 14.2. The molecular formula is C22H17ClFN3O3. The summed E-state index contributed by atoms with van der Waals surface area (Å²) in [6.07, 6.45) is 5.71. The van der Waals surface area contributed by atoms with Gasteiger partial charge in [-0.1, -0.05) is 17.7 Å². The lowest BCUT2D eigenvalue weighted by molar-refractivity contribution is -0.121. The SMILES string of the molecule is O=C(/C=C/c1ccc(Oc2cccnc2)c(F)c1)NCC(=O)Nc1ccc(Cl)cc1. The van der Waals surface area contributed by atoms with Gasteiger partial charge in [0.1, 0.15) is 5.75 Å². The van der Waals surface area contributed by atoms with Gasteiger partial charge in [0.25, 0.3) is 0 Å². The molecule has 0 fully saturated rings. The number of amides is 2. The second kappa shape index (κ2) is 10.2. The van der Waals surface area contributed by atoms with Crippen molar-refractivity contribution in [3.63, 3.8) is 0 Å². The Morgan fingerprint density at radius 2 is 1.93 bits per heavy atom. The number of aromatic nitrogens is 1. The van der Waals surface area contributed by atoms with Crippen LogP contribution in [0.4, 0.5) is 10.1 Å². The summed E-state index contributed by atoms with van der Waals surface area (Å²) in [6.45, 7) is -0.210. The zero-order valence-electron chi connectivity index (χ0n) is 15.6. The van der Waals surface area contributed by atoms with Crippen molar-refractivity contribution >= 4 is 35.2 Å². The van der Waals surface area contributed by atoms with Crippen LogP contribution in [-0.4, -0.2) is 23.3 Å². The molecule has 0 aliphatic rings. The van der Waals surface area contributed by atoms with E-state index in [4.69, 9.17) is 16.3 Å². The molecular weight excluding hydrogens is 409 g/mol. The number of carbonyl (C=O) groups excluding carboxylic acids is 2. The topological polar surface area (TPSA) is 80.3 Å². The molecule has 2 amide bonds. The third-order valence-electron chi connectivity index (χ3n) is 3.80. The fourth-order valence-corrected chi connectivity index (χ4v) is 2.50. The normalized spacial score (nSPS) is 10.6. The van der Waals surface area contributed by atoms with Crippen molar-refractivity contribution in [2.75, 3.05) is 11.9 Å². The molecule has 1 aromatic heterocycles. The van der Waals surface area contributed by atoms with Gasteiger partial charge in [-0.25, -0.2) is 4.39 Å². The summed E-state index contributed by atoms with van der Waals surface area (Å²) in [5, 5.41) is 5.64. The monoisotopic (exact) mass is 425 g/mol. The van der Waals surface area contributed by atoms with Crippen LogP contribution in [0.25, 0.3) is 6.08 Å². The minimum absolute atomic E-state index is 0.0449. The lowest BCUT2D eigenvalue weighted by Gasteiger charge is -2.07. The van der Waals surface area contributed by atoms with Gasteiger partial charge in [0, 0.05) is 23.0 Å². The Hall–Kier alpha value is -3.71. The molecule has 2 N–H and O–H groups in total. The first-order valence-corrected chi connectivity index (χ1v) is 9.26. The highest BCUT2D eigenvalue weighted by atomic mass is 35.5. The van der Waals surface area contributed by atoms with E-state index in [2.05, 4.69) is 15.6 Å². The number of rotatable bonds is 7. The minimum atomic E-state index is -0.580. The standard InChI is InChI=1S/C22H17ClFN3O3/c23-16-5-7-17(8-6-16)27-22(29)14-26-21(28)10-4-15-3-9-20(19(24)12-15)30-18-2-1-11-25-13-18/h1-13H,14H2,(H,26,28)(H,27,29)/b10-4+. The number of carbonyl (C=O) groups is 2. The molecule has 0 atom stereocenters. The van der Waals surface area contributed by atoms with Crippen molar-refractivity contribution < 1.29 is 18.7 Å². The van der Waals surface area contributed by atoms with Gasteiger partial charge in [0.05, 0.1) is 12.7 Å². The van der Waals surface area contributed by atoms with E-state index in [0.717, 1.165) is 0 Å². The molecule has 152 valence electrons. The first kappa shape index (κ1) is 21.0. The predicted molar refractivity (Wildman–Crippen MR) is 113 cm³/mol. The van der Waals surface area contributed by atoms with Crippen LogP contribution in [0.15, 0.2) is 73.1 Å². The third kappa shape index (κ3) is 6.42. The fraction of sp³-hybridized carbons (Fsp3) is 0.0455. The van der Waals surface area contributed by atoms with Gasteiger partial charge in [-0.3, -0.25) is 14.6 Å². The van der Waals surface area contributed by atoms with Gasteiger partial charge in [0.15, 0.2) is 11.6 Å². The van der Waals surface area contributed by atoms with Crippen LogP contribution in [-0.2, 0) is 9.59 Å². The van der Waals surface area contributed by atoms with E-state index in [1.807, 2.05) is 0 Å². The smallest absolute Gasteiger partial charge is 0.244 e. The second-order valence-corrected chi connectivity index (χ2v) is 6.52. The molecule has 0 spiro atoms. The zero-order valence-corrected chi connectivity index (χ0v) is 16.4. The van der Waals surface area contributed by atoms with E-state index < -0.39 is 11.7 Å². The quantitative estimate of drug-likeness (QED) is 0.548. The lowest BCUT2D eigenvalue weighted by atomic mass is 10.2. The van der Waals surface area contributed by atoms with E-state index in [-0.39, 0.29) is 18.2 Å². The molecule has 2 aromatic carbocycles. The van der Waals surface area contributed by atoms with E-state index >= 15 is 0 Å². The van der Waals surface area contributed by atoms with Gasteiger partial charge in [-0.2, -0.15) is 0 Å². The highest BCUT2D eigenvalue weighted by molar-refractivity contribution is 6.30. The average molecular weight is 426 g/mol. The summed E-state index contributed by atoms with van der Waals surface area (Å²) in [7, 11) is 0. The highest BCUT2D eigenvalue weighted by Crippen LogP contribution is 2.24. The van der Waals surface area contributed by atoms with Crippen molar-refractivity contribution in [2.24, 2.45) is 0 Å². The van der Waals surface area contributed by atoms with Gasteiger partial charge in [-0.15, -0.1) is 0 Å². The largest absolute Gasteiger partial charge is 0.453 e. The Morgan fingerprint density at radius 3 is 2.63 bits per heavy atom. The Morgan fingerprint density at radius 1 is 1.13 bits per heavy atom. The molecule has 8 heteroatoms. The molecule has 3 aromatic rings. The lowest BCUT2D eigenvalue weighted by Crippen LogP contribution is -2.31. The summed E-state index contributed by atoms with van der Waals surface area (Å²) >= 11 is 5.78. The van der Waals surface area contributed by atoms with Crippen molar-refractivity contribution in [1.29, 1.82) is 0 Å². The maximum atomic E-state index is 14.2. The number of anilines is 1. The summed E-state index contributed by atoms with van der Waals surface area (Å²) in [5.41, 5.74) is 1.03. The number of nitrogens with one attached hydrogen (secondary N) is 2. The van der Waals surface area contributed by atoms with Crippen LogP contribution in [0.2, 0.25) is 5.02 Å². The number of ether oxygens (including phenoxy) is 1. The Labute approximate surface area is 177 Å². The first-order chi connectivity index (χ1) is 14.5. The molecule has 0 unspecified atom stereocenters. The Kier molecular flexibility index (Phi) is 7.13. The third-order valence-corrected chi connectivity index (χ3v) is 4.05. The predicted octanol–water partition coefficient (Wildman–Crippen LogP) is 4.43. The van der Waals surface area contributed by atoms with Crippen molar-refractivity contribution in [3.8, 4) is 11.5 Å². The number of hydrogen-bond acceptors (Lipinski definition) is 4. The Balaban J connectivity index is 1.50. The molecule has 0 aliphatic heterocycles. The molecule has 3 rings (SSSR count). The van der Waals surface area contributed by atoms with Crippen LogP contribution in [0.1, 0.15) is 5.56 Å². The van der Waals surface area contributed by atoms with E-state index in [9.17, 15) is 14.0 Å². The van der Waals surface area contributed by atoms with Crippen LogP contribution in [0, 0.1) is 5.82 Å². The molecule has 0 radical (unpaired) electrons. The summed E-state index contributed by atoms with van der Waals surface area (Å²) in [4.78, 5) is 27.6. The van der Waals surface area contributed by atoms with Crippen molar-refractivity contribution in [3.05, 3.63) is 89.5 Å². The molecule has 0 bridgehead atoms. The van der Waals surface area contributed by atoms with E-state index in [0.29, 0.717) is 22.0 Å². The minimum Gasteiger partial charge on any atom is -0.453 e. The second-order valence-electron chi connectivity index (χ2n) is 6.09. The number of benzene rings is 2. The summed E-state index contributed by atoms with van der Waals surface area (Å²) in [5.74, 6) is -0.998. The summed E-state index contributed by atoms with van der Waals surface area (Å²) < 4.78 is 19.6. The number of nitrogens with zero attached hydrogens (tertiary/aromatic N) is 1. The van der Waals surface area contributed by atoms with E-state index in [1.165, 1.54) is 30.5 Å². The van der Waals surface area contributed by atoms with Gasteiger partial charge < -0.3 is 15.4 Å². The van der Waals surface area contributed by atoms with Crippen LogP contribution < -0.4 is 15.4 Å². The van der Waals surface area contributed by atoms with Crippen molar-refractivity contribution in [1.82, 2.24) is 10.3 Å². The molecule has 1 heterocycles. The average Bonchev–Trinajstić information content (AvgIpc) is 2.75. The first-order valence-electron chi connectivity index (χ1n) is 8.88. The van der Waals surface area contributed by atoms with Gasteiger partial charge in [-0.05, 0) is 60.2 Å². The maximum absolute atomic E-state index is 14.2. The van der Waals surface area contributed by atoms with Crippen LogP contribution >= 0.6 is 11.6 Å². The maximum Gasteiger partial charge on any atom is 0.244 e. The zero-order chi connectivity index (χ0) is 21.3. The van der Waals surface area contributed by atoms with E-state index in [1.54, 1.807) is 48.7 Å². The molecule has 6 nitrogen and oxygen atoms in total. The molecule has 0 saturated carbocycles. The number of hydrogen-bond donors (Lipinski definition) is 2. The molecule has 0 saturated heterocycles. The Bertz CT molecular complexity index is 1060. The molecule has 30 heavy (non-hydrogen) atoms.